The first-order valence-electron chi connectivity index (χ1n) is 40.5. The highest BCUT2D eigenvalue weighted by atomic mass is 31.2. The molecule has 19 heteroatoms. The third-order valence-electron chi connectivity index (χ3n) is 17.0. The van der Waals surface area contributed by atoms with Crippen LogP contribution in [0.2, 0.25) is 0 Å². The molecular formula is C83H146O17P2. The van der Waals surface area contributed by atoms with Crippen molar-refractivity contribution in [3.8, 4) is 0 Å². The van der Waals surface area contributed by atoms with Crippen molar-refractivity contribution in [1.29, 1.82) is 0 Å². The van der Waals surface area contributed by atoms with Crippen LogP contribution < -0.4 is 0 Å². The molecule has 0 saturated heterocycles. The van der Waals surface area contributed by atoms with Crippen molar-refractivity contribution >= 4 is 39.5 Å². The summed E-state index contributed by atoms with van der Waals surface area (Å²) in [5.74, 6) is -2.19. The summed E-state index contributed by atoms with van der Waals surface area (Å²) >= 11 is 0. The standard InChI is InChI=1S/C83H146O17P2/c1-5-9-13-17-21-25-29-32-34-36-38-40-42-45-48-51-55-59-63-67-80(85)93-73-78(99-82(87)69-65-61-57-53-47-28-24-20-16-12-8-4)75-97-101(89,90)95-71-77(84)72-96-102(91,92)98-76-79(100-83(88)70-66-62-58-54-50-44-31-27-23-19-15-11-7-3)74-94-81(86)68-64-60-56-52-49-46-43-41-39-37-35-33-30-26-22-18-14-10-6-2/h10,14,20-22,24-26,32-35,38-41,77-79,84H,5-9,11-13,15-19,23,27-31,36-37,42-76H2,1-4H3,(H,89,90)(H,91,92)/b14-10-,24-20-,25-21-,26-22-,34-32-,35-33-,40-38-,41-39-. The molecule has 0 spiro atoms. The number of aliphatic hydroxyl groups excluding tert-OH is 1. The molecule has 5 unspecified atom stereocenters. The van der Waals surface area contributed by atoms with Gasteiger partial charge in [-0.3, -0.25) is 37.3 Å². The maximum absolute atomic E-state index is 13.1. The third-order valence-corrected chi connectivity index (χ3v) is 18.9. The highest BCUT2D eigenvalue weighted by Gasteiger charge is 2.30. The van der Waals surface area contributed by atoms with E-state index in [0.29, 0.717) is 25.7 Å². The van der Waals surface area contributed by atoms with E-state index in [1.54, 1.807) is 0 Å². The summed E-state index contributed by atoms with van der Waals surface area (Å²) in [6.45, 7) is 4.70. The van der Waals surface area contributed by atoms with Crippen LogP contribution in [0.15, 0.2) is 97.2 Å². The lowest BCUT2D eigenvalue weighted by Crippen LogP contribution is -2.30. The fourth-order valence-electron chi connectivity index (χ4n) is 10.8. The first-order chi connectivity index (χ1) is 49.7. The summed E-state index contributed by atoms with van der Waals surface area (Å²) < 4.78 is 68.6. The first-order valence-corrected chi connectivity index (χ1v) is 43.5. The second kappa shape index (κ2) is 75.2. The number of unbranched alkanes of at least 4 members (excludes halogenated alkanes) is 34. The van der Waals surface area contributed by atoms with Gasteiger partial charge in [0.2, 0.25) is 0 Å². The van der Waals surface area contributed by atoms with Crippen LogP contribution in [0.3, 0.4) is 0 Å². The number of ether oxygens (including phenoxy) is 4. The molecule has 0 fully saturated rings. The number of hydrogen-bond acceptors (Lipinski definition) is 15. The zero-order valence-corrected chi connectivity index (χ0v) is 66.3. The van der Waals surface area contributed by atoms with Crippen molar-refractivity contribution in [3.63, 3.8) is 0 Å². The Balaban J connectivity index is 5.30. The lowest BCUT2D eigenvalue weighted by atomic mass is 10.0. The summed E-state index contributed by atoms with van der Waals surface area (Å²) in [5, 5.41) is 10.6. The number of aliphatic hydroxyl groups is 1. The fourth-order valence-corrected chi connectivity index (χ4v) is 12.4. The molecule has 0 rings (SSSR count). The van der Waals surface area contributed by atoms with Gasteiger partial charge < -0.3 is 33.8 Å². The number of allylic oxidation sites excluding steroid dienone is 16. The fraction of sp³-hybridized carbons (Fsp3) is 0.759. The van der Waals surface area contributed by atoms with Gasteiger partial charge in [0.15, 0.2) is 12.2 Å². The number of esters is 4. The van der Waals surface area contributed by atoms with E-state index >= 15 is 0 Å². The summed E-state index contributed by atoms with van der Waals surface area (Å²) in [6, 6.07) is 0. The Morgan fingerprint density at radius 3 is 0.843 bits per heavy atom. The molecule has 3 N–H and O–H groups in total. The van der Waals surface area contributed by atoms with Gasteiger partial charge in [-0.1, -0.05) is 298 Å². The monoisotopic (exact) mass is 1480 g/mol. The van der Waals surface area contributed by atoms with Crippen LogP contribution in [0.4, 0.5) is 0 Å². The molecule has 17 nitrogen and oxygen atoms in total. The quantitative estimate of drug-likeness (QED) is 0.0169. The lowest BCUT2D eigenvalue weighted by Gasteiger charge is -2.21. The number of carbonyl (C=O) groups is 4. The Morgan fingerprint density at radius 2 is 0.520 bits per heavy atom. The van der Waals surface area contributed by atoms with Crippen molar-refractivity contribution in [2.45, 2.75) is 367 Å². The van der Waals surface area contributed by atoms with E-state index < -0.39 is 97.5 Å². The van der Waals surface area contributed by atoms with E-state index in [4.69, 9.17) is 37.0 Å². The highest BCUT2D eigenvalue weighted by molar-refractivity contribution is 7.47. The van der Waals surface area contributed by atoms with Crippen LogP contribution in [-0.2, 0) is 65.4 Å². The minimum atomic E-state index is -4.98. The summed E-state index contributed by atoms with van der Waals surface area (Å²) in [7, 11) is -9.95. The minimum Gasteiger partial charge on any atom is -0.462 e. The Labute approximate surface area is 620 Å². The van der Waals surface area contributed by atoms with E-state index in [1.165, 1.54) is 83.5 Å². The second-order valence-corrected chi connectivity index (χ2v) is 29.9. The summed E-state index contributed by atoms with van der Waals surface area (Å²) in [6.07, 6.45) is 79.5. The molecule has 0 aliphatic carbocycles. The molecule has 0 heterocycles. The van der Waals surface area contributed by atoms with Crippen molar-refractivity contribution < 1.29 is 80.2 Å². The van der Waals surface area contributed by atoms with Gasteiger partial charge in [-0.05, 0) is 122 Å². The van der Waals surface area contributed by atoms with Crippen molar-refractivity contribution in [2.24, 2.45) is 0 Å². The molecule has 0 aromatic heterocycles. The van der Waals surface area contributed by atoms with E-state index in [-0.39, 0.29) is 25.7 Å². The number of carbonyl (C=O) groups excluding carboxylic acids is 4. The smallest absolute Gasteiger partial charge is 0.462 e. The first kappa shape index (κ1) is 98.0. The van der Waals surface area contributed by atoms with Gasteiger partial charge in [0, 0.05) is 25.7 Å². The molecule has 590 valence electrons. The van der Waals surface area contributed by atoms with Crippen molar-refractivity contribution in [2.75, 3.05) is 39.6 Å². The predicted molar refractivity (Wildman–Crippen MR) is 418 cm³/mol. The van der Waals surface area contributed by atoms with Crippen LogP contribution in [0.1, 0.15) is 349 Å². The topological polar surface area (TPSA) is 237 Å². The molecule has 0 amide bonds. The predicted octanol–water partition coefficient (Wildman–Crippen LogP) is 23.6. The van der Waals surface area contributed by atoms with E-state index in [0.717, 1.165) is 186 Å². The average molecular weight is 1480 g/mol. The van der Waals surface area contributed by atoms with Crippen LogP contribution in [0.25, 0.3) is 0 Å². The Kier molecular flexibility index (Phi) is 72.3. The second-order valence-electron chi connectivity index (χ2n) is 27.0. The Bertz CT molecular complexity index is 2310. The molecule has 0 aliphatic heterocycles. The van der Waals surface area contributed by atoms with E-state index in [1.807, 2.05) is 0 Å². The summed E-state index contributed by atoms with van der Waals surface area (Å²) in [5.41, 5.74) is 0. The normalized spacial score (nSPS) is 14.4. The molecule has 0 bridgehead atoms. The molecule has 0 radical (unpaired) electrons. The number of phosphoric ester groups is 2. The zero-order valence-electron chi connectivity index (χ0n) is 64.5. The van der Waals surface area contributed by atoms with Gasteiger partial charge in [-0.25, -0.2) is 9.13 Å². The molecule has 0 aromatic rings. The van der Waals surface area contributed by atoms with Gasteiger partial charge >= 0.3 is 39.5 Å². The maximum atomic E-state index is 13.1. The maximum Gasteiger partial charge on any atom is 0.472 e. The van der Waals surface area contributed by atoms with Crippen molar-refractivity contribution in [1.82, 2.24) is 0 Å². The van der Waals surface area contributed by atoms with Gasteiger partial charge in [0.1, 0.15) is 19.3 Å². The zero-order chi connectivity index (χ0) is 74.6. The molecular weight excluding hydrogens is 1330 g/mol. The van der Waals surface area contributed by atoms with Crippen molar-refractivity contribution in [3.05, 3.63) is 97.2 Å². The van der Waals surface area contributed by atoms with Gasteiger partial charge in [0.05, 0.1) is 26.4 Å². The molecule has 0 aromatic carbocycles. The molecule has 0 aliphatic rings. The molecule has 102 heavy (non-hydrogen) atoms. The number of phosphoric acid groups is 2. The van der Waals surface area contributed by atoms with Crippen LogP contribution in [0.5, 0.6) is 0 Å². The lowest BCUT2D eigenvalue weighted by molar-refractivity contribution is -0.161. The third kappa shape index (κ3) is 74.3. The van der Waals surface area contributed by atoms with Crippen LogP contribution in [0, 0.1) is 0 Å². The summed E-state index contributed by atoms with van der Waals surface area (Å²) in [4.78, 5) is 73.0. The van der Waals surface area contributed by atoms with Gasteiger partial charge in [0.25, 0.3) is 0 Å². The number of hydrogen-bond donors (Lipinski definition) is 3. The largest absolute Gasteiger partial charge is 0.472 e. The SMILES string of the molecule is CC/C=C\C/C=C\C/C=C\C/C=C\CCCCCCCCC(=O)OCC(COP(=O)(O)OCC(O)COP(=O)(O)OCC(COC(=O)CCCCCCCC/C=C\C/C=C\C/C=C\CCCCC)OC(=O)CCCCCCC/C=C\CCCC)OC(=O)CCCCCCCCCCCCCCC. The molecule has 0 saturated carbocycles. The Hall–Kier alpha value is -4.02. The number of rotatable bonds is 76. The van der Waals surface area contributed by atoms with E-state index in [2.05, 4.69) is 125 Å². The van der Waals surface area contributed by atoms with Crippen LogP contribution >= 0.6 is 15.6 Å². The Morgan fingerprint density at radius 1 is 0.284 bits per heavy atom. The highest BCUT2D eigenvalue weighted by Crippen LogP contribution is 2.45. The van der Waals surface area contributed by atoms with Gasteiger partial charge in [-0.15, -0.1) is 0 Å². The minimum absolute atomic E-state index is 0.0823. The average Bonchev–Trinajstić information content (AvgIpc) is 0.907. The van der Waals surface area contributed by atoms with Crippen LogP contribution in [-0.4, -0.2) is 96.7 Å². The molecule has 5 atom stereocenters. The van der Waals surface area contributed by atoms with Gasteiger partial charge in [-0.2, -0.15) is 0 Å². The van der Waals surface area contributed by atoms with E-state index in [9.17, 15) is 43.2 Å².